The summed E-state index contributed by atoms with van der Waals surface area (Å²) in [5.74, 6) is -0.360. The van der Waals surface area contributed by atoms with Crippen molar-refractivity contribution in [3.63, 3.8) is 0 Å². The molecule has 6 heteroatoms. The molecule has 0 N–H and O–H groups in total. The first-order chi connectivity index (χ1) is 6.54. The second-order valence-corrected chi connectivity index (χ2v) is 3.15. The van der Waals surface area contributed by atoms with Crippen LogP contribution in [0.25, 0.3) is 0 Å². The largest absolute Gasteiger partial charge is 0.432 e. The third-order valence-corrected chi connectivity index (χ3v) is 1.87. The van der Waals surface area contributed by atoms with Gasteiger partial charge in [0.2, 0.25) is 0 Å². The summed E-state index contributed by atoms with van der Waals surface area (Å²) in [6.07, 6.45) is 0.343. The van der Waals surface area contributed by atoms with E-state index in [4.69, 9.17) is 23.2 Å². The van der Waals surface area contributed by atoms with E-state index in [1.807, 2.05) is 0 Å². The quantitative estimate of drug-likeness (QED) is 0.758. The van der Waals surface area contributed by atoms with Crippen LogP contribution in [0.5, 0.6) is 5.75 Å². The van der Waals surface area contributed by atoms with E-state index in [2.05, 4.69) is 4.74 Å². The molecule has 0 aliphatic rings. The van der Waals surface area contributed by atoms with E-state index in [9.17, 15) is 13.6 Å². The highest BCUT2D eigenvalue weighted by atomic mass is 35.5. The number of carbonyl (C=O) groups is 1. The molecule has 0 heterocycles. The molecule has 0 aliphatic heterocycles. The number of benzene rings is 1. The highest BCUT2D eigenvalue weighted by Crippen LogP contribution is 2.32. The van der Waals surface area contributed by atoms with Crippen molar-refractivity contribution in [3.05, 3.63) is 27.7 Å². The van der Waals surface area contributed by atoms with Crippen molar-refractivity contribution >= 4 is 29.5 Å². The SMILES string of the molecule is O=Cc1cc(Cl)cc(Cl)c1OC(F)F. The lowest BCUT2D eigenvalue weighted by atomic mass is 10.2. The van der Waals surface area contributed by atoms with E-state index >= 15 is 0 Å². The van der Waals surface area contributed by atoms with Gasteiger partial charge in [-0.3, -0.25) is 4.79 Å². The topological polar surface area (TPSA) is 26.3 Å². The highest BCUT2D eigenvalue weighted by Gasteiger charge is 2.14. The average Bonchev–Trinajstić information content (AvgIpc) is 2.08. The Bertz CT molecular complexity index is 355. The van der Waals surface area contributed by atoms with Crippen LogP contribution in [0.1, 0.15) is 10.4 Å². The van der Waals surface area contributed by atoms with Crippen LogP contribution in [-0.4, -0.2) is 12.9 Å². The Morgan fingerprint density at radius 1 is 1.36 bits per heavy atom. The molecule has 1 aromatic carbocycles. The van der Waals surface area contributed by atoms with Crippen LogP contribution >= 0.6 is 23.2 Å². The molecule has 0 saturated heterocycles. The van der Waals surface area contributed by atoms with Crippen LogP contribution in [0.4, 0.5) is 8.78 Å². The van der Waals surface area contributed by atoms with Gasteiger partial charge in [0.05, 0.1) is 10.6 Å². The molecule has 0 bridgehead atoms. The summed E-state index contributed by atoms with van der Waals surface area (Å²) in [6.45, 7) is -3.03. The summed E-state index contributed by atoms with van der Waals surface area (Å²) in [5, 5.41) is 0.0543. The van der Waals surface area contributed by atoms with Crippen LogP contribution in [0.15, 0.2) is 12.1 Å². The number of aldehydes is 1. The van der Waals surface area contributed by atoms with Crippen molar-refractivity contribution < 1.29 is 18.3 Å². The zero-order valence-electron chi connectivity index (χ0n) is 6.64. The minimum atomic E-state index is -3.03. The maximum Gasteiger partial charge on any atom is 0.387 e. The van der Waals surface area contributed by atoms with Gasteiger partial charge in [0.15, 0.2) is 12.0 Å². The molecular formula is C8H4Cl2F2O2. The molecule has 76 valence electrons. The summed E-state index contributed by atoms with van der Waals surface area (Å²) in [5.41, 5.74) is -0.109. The number of halogens is 4. The third-order valence-electron chi connectivity index (χ3n) is 1.37. The summed E-state index contributed by atoms with van der Waals surface area (Å²) in [7, 11) is 0. The molecule has 1 aromatic rings. The lowest BCUT2D eigenvalue weighted by Gasteiger charge is -2.08. The maximum atomic E-state index is 11.9. The average molecular weight is 241 g/mol. The van der Waals surface area contributed by atoms with Crippen molar-refractivity contribution in [1.82, 2.24) is 0 Å². The second kappa shape index (κ2) is 4.57. The number of ether oxygens (including phenoxy) is 1. The number of hydrogen-bond donors (Lipinski definition) is 0. The van der Waals surface area contributed by atoms with Gasteiger partial charge in [-0.2, -0.15) is 8.78 Å². The summed E-state index contributed by atoms with van der Waals surface area (Å²) in [6, 6.07) is 2.41. The molecule has 0 aromatic heterocycles. The Kier molecular flexibility index (Phi) is 3.66. The minimum absolute atomic E-state index is 0.109. The highest BCUT2D eigenvalue weighted by molar-refractivity contribution is 6.36. The molecule has 14 heavy (non-hydrogen) atoms. The van der Waals surface area contributed by atoms with Gasteiger partial charge < -0.3 is 4.74 Å². The van der Waals surface area contributed by atoms with E-state index in [1.54, 1.807) is 0 Å². The lowest BCUT2D eigenvalue weighted by molar-refractivity contribution is -0.0500. The number of rotatable bonds is 3. The molecule has 0 fully saturated rings. The normalized spacial score (nSPS) is 10.4. The Morgan fingerprint density at radius 3 is 2.50 bits per heavy atom. The van der Waals surface area contributed by atoms with Gasteiger partial charge >= 0.3 is 6.61 Å². The van der Waals surface area contributed by atoms with Crippen LogP contribution < -0.4 is 4.74 Å². The zero-order valence-corrected chi connectivity index (χ0v) is 8.15. The van der Waals surface area contributed by atoms with Crippen LogP contribution in [-0.2, 0) is 0 Å². The fourth-order valence-electron chi connectivity index (χ4n) is 0.881. The standard InChI is InChI=1S/C8H4Cl2F2O2/c9-5-1-4(3-13)7(6(10)2-5)14-8(11)12/h1-3,8H. The van der Waals surface area contributed by atoms with Gasteiger partial charge in [0.1, 0.15) is 0 Å². The Hall–Kier alpha value is -0.870. The maximum absolute atomic E-state index is 11.9. The predicted molar refractivity (Wildman–Crippen MR) is 48.5 cm³/mol. The van der Waals surface area contributed by atoms with Crippen molar-refractivity contribution in [2.75, 3.05) is 0 Å². The van der Waals surface area contributed by atoms with E-state index in [1.165, 1.54) is 12.1 Å². The van der Waals surface area contributed by atoms with Gasteiger partial charge in [-0.15, -0.1) is 0 Å². The van der Waals surface area contributed by atoms with Gasteiger partial charge in [-0.25, -0.2) is 0 Å². The van der Waals surface area contributed by atoms with Gasteiger partial charge in [-0.05, 0) is 12.1 Å². The predicted octanol–water partition coefficient (Wildman–Crippen LogP) is 3.41. The summed E-state index contributed by atoms with van der Waals surface area (Å²) >= 11 is 11.1. The third kappa shape index (κ3) is 2.56. The molecule has 0 unspecified atom stereocenters. The minimum Gasteiger partial charge on any atom is -0.432 e. The molecule has 0 amide bonds. The van der Waals surface area contributed by atoms with Gasteiger partial charge in [0.25, 0.3) is 0 Å². The molecule has 0 aliphatic carbocycles. The van der Waals surface area contributed by atoms with Crippen LogP contribution in [0.2, 0.25) is 10.0 Å². The smallest absolute Gasteiger partial charge is 0.387 e. The second-order valence-electron chi connectivity index (χ2n) is 2.30. The van der Waals surface area contributed by atoms with E-state index in [0.717, 1.165) is 0 Å². The molecule has 0 atom stereocenters. The summed E-state index contributed by atoms with van der Waals surface area (Å²) < 4.78 is 27.8. The van der Waals surface area contributed by atoms with Gasteiger partial charge in [-0.1, -0.05) is 23.2 Å². The monoisotopic (exact) mass is 240 g/mol. The number of carbonyl (C=O) groups excluding carboxylic acids is 1. The van der Waals surface area contributed by atoms with E-state index in [-0.39, 0.29) is 21.4 Å². The van der Waals surface area contributed by atoms with Crippen molar-refractivity contribution in [3.8, 4) is 5.75 Å². The zero-order chi connectivity index (χ0) is 10.7. The lowest BCUT2D eigenvalue weighted by Crippen LogP contribution is -2.04. The van der Waals surface area contributed by atoms with Gasteiger partial charge in [0, 0.05) is 5.02 Å². The first-order valence-corrected chi connectivity index (χ1v) is 4.19. The Labute approximate surface area is 88.4 Å². The Morgan fingerprint density at radius 2 is 2.00 bits per heavy atom. The molecular weight excluding hydrogens is 237 g/mol. The van der Waals surface area contributed by atoms with Crippen LogP contribution in [0.3, 0.4) is 0 Å². The fourth-order valence-corrected chi connectivity index (χ4v) is 1.43. The summed E-state index contributed by atoms with van der Waals surface area (Å²) in [4.78, 5) is 10.5. The first-order valence-electron chi connectivity index (χ1n) is 3.43. The molecule has 0 spiro atoms. The van der Waals surface area contributed by atoms with E-state index in [0.29, 0.717) is 6.29 Å². The number of alkyl halides is 2. The molecule has 0 radical (unpaired) electrons. The number of hydrogen-bond acceptors (Lipinski definition) is 2. The molecule has 1 rings (SSSR count). The Balaban J connectivity index is 3.18. The van der Waals surface area contributed by atoms with E-state index < -0.39 is 6.61 Å². The van der Waals surface area contributed by atoms with Crippen molar-refractivity contribution in [2.45, 2.75) is 6.61 Å². The fraction of sp³-hybridized carbons (Fsp3) is 0.125. The first kappa shape index (κ1) is 11.2. The van der Waals surface area contributed by atoms with Crippen molar-refractivity contribution in [2.24, 2.45) is 0 Å². The molecule has 0 saturated carbocycles. The van der Waals surface area contributed by atoms with Crippen LogP contribution in [0, 0.1) is 0 Å². The van der Waals surface area contributed by atoms with Crippen molar-refractivity contribution in [1.29, 1.82) is 0 Å². The molecule has 2 nitrogen and oxygen atoms in total.